The summed E-state index contributed by atoms with van der Waals surface area (Å²) in [6.07, 6.45) is 7.54. The van der Waals surface area contributed by atoms with E-state index < -0.39 is 5.60 Å². The fourth-order valence-corrected chi connectivity index (χ4v) is 3.79. The lowest BCUT2D eigenvalue weighted by Crippen LogP contribution is -2.33. The van der Waals surface area contributed by atoms with Gasteiger partial charge in [0.2, 0.25) is 0 Å². The SMILES string of the molecule is OC1(c2ccccc2C2CCC2)CCN(C2CC2)C1. The Labute approximate surface area is 115 Å². The number of benzene rings is 1. The summed E-state index contributed by atoms with van der Waals surface area (Å²) in [5.41, 5.74) is 2.06. The molecule has 1 heterocycles. The fraction of sp³-hybridized carbons (Fsp3) is 0.647. The van der Waals surface area contributed by atoms with Gasteiger partial charge in [0.05, 0.1) is 0 Å². The number of nitrogens with zero attached hydrogens (tertiary/aromatic N) is 1. The Hall–Kier alpha value is -0.860. The van der Waals surface area contributed by atoms with Gasteiger partial charge >= 0.3 is 0 Å². The van der Waals surface area contributed by atoms with Crippen LogP contribution in [0, 0.1) is 0 Å². The van der Waals surface area contributed by atoms with Crippen molar-refractivity contribution in [3.8, 4) is 0 Å². The van der Waals surface area contributed by atoms with Crippen molar-refractivity contribution in [2.24, 2.45) is 0 Å². The van der Waals surface area contributed by atoms with Crippen molar-refractivity contribution < 1.29 is 5.11 Å². The predicted molar refractivity (Wildman–Crippen MR) is 76.1 cm³/mol. The molecule has 102 valence electrons. The van der Waals surface area contributed by atoms with Gasteiger partial charge in [0.15, 0.2) is 0 Å². The number of hydrogen-bond donors (Lipinski definition) is 1. The molecular weight excluding hydrogens is 234 g/mol. The van der Waals surface area contributed by atoms with Crippen molar-refractivity contribution in [1.82, 2.24) is 4.90 Å². The Balaban J connectivity index is 1.63. The first kappa shape index (κ1) is 11.9. The summed E-state index contributed by atoms with van der Waals surface area (Å²) < 4.78 is 0. The van der Waals surface area contributed by atoms with Gasteiger partial charge in [-0.05, 0) is 49.1 Å². The zero-order valence-electron chi connectivity index (χ0n) is 11.5. The van der Waals surface area contributed by atoms with Gasteiger partial charge in [-0.15, -0.1) is 0 Å². The quantitative estimate of drug-likeness (QED) is 0.899. The highest BCUT2D eigenvalue weighted by Gasteiger charge is 2.44. The van der Waals surface area contributed by atoms with Gasteiger partial charge in [-0.1, -0.05) is 30.7 Å². The van der Waals surface area contributed by atoms with Crippen molar-refractivity contribution >= 4 is 0 Å². The Morgan fingerprint density at radius 3 is 2.58 bits per heavy atom. The van der Waals surface area contributed by atoms with E-state index in [1.807, 2.05) is 0 Å². The van der Waals surface area contributed by atoms with Gasteiger partial charge in [0.1, 0.15) is 5.60 Å². The van der Waals surface area contributed by atoms with Crippen molar-refractivity contribution in [3.63, 3.8) is 0 Å². The Morgan fingerprint density at radius 1 is 1.11 bits per heavy atom. The largest absolute Gasteiger partial charge is 0.384 e. The van der Waals surface area contributed by atoms with Gasteiger partial charge in [-0.25, -0.2) is 0 Å². The molecule has 1 aromatic rings. The second-order valence-electron chi connectivity index (χ2n) is 6.70. The van der Waals surface area contributed by atoms with Crippen LogP contribution in [0.5, 0.6) is 0 Å². The highest BCUT2D eigenvalue weighted by molar-refractivity contribution is 5.37. The normalized spacial score (nSPS) is 32.5. The van der Waals surface area contributed by atoms with Crippen molar-refractivity contribution in [3.05, 3.63) is 35.4 Å². The Bertz CT molecular complexity index is 478. The fourth-order valence-electron chi connectivity index (χ4n) is 3.79. The molecule has 0 aromatic heterocycles. The molecule has 2 saturated carbocycles. The maximum atomic E-state index is 11.1. The number of β-amino-alcohol motifs (C(OH)–C–C–N with tert-alkyl or cyclic N) is 1. The van der Waals surface area contributed by atoms with E-state index >= 15 is 0 Å². The molecule has 4 rings (SSSR count). The number of aliphatic hydroxyl groups is 1. The van der Waals surface area contributed by atoms with E-state index in [2.05, 4.69) is 29.2 Å². The summed E-state index contributed by atoms with van der Waals surface area (Å²) in [5, 5.41) is 11.1. The number of rotatable bonds is 3. The summed E-state index contributed by atoms with van der Waals surface area (Å²) in [6, 6.07) is 9.41. The average molecular weight is 257 g/mol. The molecule has 3 aliphatic rings. The second kappa shape index (κ2) is 4.32. The lowest BCUT2D eigenvalue weighted by molar-refractivity contribution is 0.0435. The minimum absolute atomic E-state index is 0.589. The molecular formula is C17H23NO. The zero-order chi connectivity index (χ0) is 12.9. The summed E-state index contributed by atoms with van der Waals surface area (Å²) in [7, 11) is 0. The van der Waals surface area contributed by atoms with Crippen LogP contribution in [0.25, 0.3) is 0 Å². The molecule has 2 heteroatoms. The molecule has 1 aromatic carbocycles. The summed E-state index contributed by atoms with van der Waals surface area (Å²) >= 11 is 0. The molecule has 0 amide bonds. The van der Waals surface area contributed by atoms with E-state index in [0.717, 1.165) is 25.6 Å². The molecule has 1 N–H and O–H groups in total. The van der Waals surface area contributed by atoms with Gasteiger partial charge in [-0.2, -0.15) is 0 Å². The second-order valence-corrected chi connectivity index (χ2v) is 6.70. The Morgan fingerprint density at radius 2 is 1.89 bits per heavy atom. The van der Waals surface area contributed by atoms with Crippen LogP contribution in [-0.4, -0.2) is 29.1 Å². The average Bonchev–Trinajstić information content (AvgIpc) is 3.12. The predicted octanol–water partition coefficient (Wildman–Crippen LogP) is 3.01. The Kier molecular flexibility index (Phi) is 2.71. The first-order valence-electron chi connectivity index (χ1n) is 7.82. The molecule has 2 nitrogen and oxygen atoms in total. The summed E-state index contributed by atoms with van der Waals surface area (Å²) in [5.74, 6) is 0.704. The van der Waals surface area contributed by atoms with Crippen LogP contribution < -0.4 is 0 Å². The van der Waals surface area contributed by atoms with E-state index in [4.69, 9.17) is 0 Å². The zero-order valence-corrected chi connectivity index (χ0v) is 11.5. The highest BCUT2D eigenvalue weighted by atomic mass is 16.3. The first-order chi connectivity index (χ1) is 9.26. The molecule has 2 aliphatic carbocycles. The molecule has 0 bridgehead atoms. The lowest BCUT2D eigenvalue weighted by Gasteiger charge is -2.33. The molecule has 1 unspecified atom stereocenters. The van der Waals surface area contributed by atoms with Crippen molar-refractivity contribution in [2.45, 2.75) is 56.1 Å². The third-order valence-corrected chi connectivity index (χ3v) is 5.35. The van der Waals surface area contributed by atoms with Crippen LogP contribution in [0.3, 0.4) is 0 Å². The highest BCUT2D eigenvalue weighted by Crippen LogP contribution is 2.44. The standard InChI is InChI=1S/C17H23NO/c19-17(10-11-18(12-17)14-8-9-14)16-7-2-1-6-15(16)13-4-3-5-13/h1-2,6-7,13-14,19H,3-5,8-12H2. The molecule has 0 spiro atoms. The monoisotopic (exact) mass is 257 g/mol. The molecule has 1 atom stereocenters. The molecule has 0 radical (unpaired) electrons. The maximum absolute atomic E-state index is 11.1. The van der Waals surface area contributed by atoms with Gasteiger partial charge in [0.25, 0.3) is 0 Å². The minimum Gasteiger partial charge on any atom is -0.384 e. The molecule has 1 aliphatic heterocycles. The number of hydrogen-bond acceptors (Lipinski definition) is 2. The van der Waals surface area contributed by atoms with Crippen LogP contribution in [-0.2, 0) is 5.60 Å². The topological polar surface area (TPSA) is 23.5 Å². The number of likely N-dealkylation sites (tertiary alicyclic amines) is 1. The van der Waals surface area contributed by atoms with E-state index in [1.54, 1.807) is 0 Å². The van der Waals surface area contributed by atoms with Crippen LogP contribution in [0.2, 0.25) is 0 Å². The smallest absolute Gasteiger partial charge is 0.104 e. The van der Waals surface area contributed by atoms with Crippen LogP contribution in [0.1, 0.15) is 55.6 Å². The molecule has 1 saturated heterocycles. The van der Waals surface area contributed by atoms with Gasteiger partial charge < -0.3 is 5.11 Å². The van der Waals surface area contributed by atoms with Crippen LogP contribution in [0.15, 0.2) is 24.3 Å². The molecule has 19 heavy (non-hydrogen) atoms. The van der Waals surface area contributed by atoms with E-state index in [0.29, 0.717) is 5.92 Å². The van der Waals surface area contributed by atoms with Gasteiger partial charge in [0, 0.05) is 19.1 Å². The third-order valence-electron chi connectivity index (χ3n) is 5.35. The van der Waals surface area contributed by atoms with Crippen LogP contribution >= 0.6 is 0 Å². The summed E-state index contributed by atoms with van der Waals surface area (Å²) in [6.45, 7) is 1.92. The van der Waals surface area contributed by atoms with Gasteiger partial charge in [-0.3, -0.25) is 4.90 Å². The molecule has 3 fully saturated rings. The third kappa shape index (κ3) is 2.02. The van der Waals surface area contributed by atoms with Crippen molar-refractivity contribution in [2.75, 3.05) is 13.1 Å². The van der Waals surface area contributed by atoms with E-state index in [-0.39, 0.29) is 0 Å². The lowest BCUT2D eigenvalue weighted by atomic mass is 9.75. The van der Waals surface area contributed by atoms with E-state index in [9.17, 15) is 5.11 Å². The van der Waals surface area contributed by atoms with Crippen molar-refractivity contribution in [1.29, 1.82) is 0 Å². The maximum Gasteiger partial charge on any atom is 0.104 e. The van der Waals surface area contributed by atoms with Crippen LogP contribution in [0.4, 0.5) is 0 Å². The minimum atomic E-state index is -0.589. The van der Waals surface area contributed by atoms with E-state index in [1.165, 1.54) is 43.2 Å². The first-order valence-corrected chi connectivity index (χ1v) is 7.82. The summed E-state index contributed by atoms with van der Waals surface area (Å²) in [4.78, 5) is 2.50.